The van der Waals surface area contributed by atoms with Crippen LogP contribution in [0.4, 0.5) is 0 Å². The molecule has 2 fully saturated rings. The van der Waals surface area contributed by atoms with Crippen molar-refractivity contribution < 1.29 is 4.74 Å². The summed E-state index contributed by atoms with van der Waals surface area (Å²) in [5.74, 6) is 0.662. The molecule has 1 heterocycles. The summed E-state index contributed by atoms with van der Waals surface area (Å²) in [4.78, 5) is 0. The summed E-state index contributed by atoms with van der Waals surface area (Å²) in [6, 6.07) is 0.375. The van der Waals surface area contributed by atoms with E-state index in [9.17, 15) is 0 Å². The molecule has 2 aliphatic rings. The van der Waals surface area contributed by atoms with Crippen molar-refractivity contribution in [3.63, 3.8) is 0 Å². The van der Waals surface area contributed by atoms with Gasteiger partial charge in [-0.15, -0.1) is 0 Å². The zero-order chi connectivity index (χ0) is 7.35. The van der Waals surface area contributed by atoms with Crippen molar-refractivity contribution in [2.45, 2.75) is 32.4 Å². The first-order valence-electron chi connectivity index (χ1n) is 4.01. The van der Waals surface area contributed by atoms with Gasteiger partial charge in [-0.1, -0.05) is 13.8 Å². The fourth-order valence-electron chi connectivity index (χ4n) is 2.36. The number of hydrogen-bond acceptors (Lipinski definition) is 2. The highest BCUT2D eigenvalue weighted by atomic mass is 16.5. The second-order valence-corrected chi connectivity index (χ2v) is 4.09. The van der Waals surface area contributed by atoms with Gasteiger partial charge in [0.05, 0.1) is 6.10 Å². The first-order valence-corrected chi connectivity index (χ1v) is 4.01. The Hall–Kier alpha value is -0.0800. The lowest BCUT2D eigenvalue weighted by Crippen LogP contribution is -2.64. The smallest absolute Gasteiger partial charge is 0.0684 e. The average Bonchev–Trinajstić information content (AvgIpc) is 2.31. The Bertz CT molecular complexity index is 155. The standard InChI is InChI=1S/C8H15NO/c1-8(2)6(9)5-3-4-10-7(5)8/h5-7H,3-4,9H2,1-2H3/t5-,6-,7+/m0/s1. The van der Waals surface area contributed by atoms with Gasteiger partial charge in [-0.05, 0) is 6.42 Å². The maximum absolute atomic E-state index is 5.96. The third kappa shape index (κ3) is 0.565. The lowest BCUT2D eigenvalue weighted by atomic mass is 9.58. The second-order valence-electron chi connectivity index (χ2n) is 4.09. The van der Waals surface area contributed by atoms with Crippen LogP contribution in [0.15, 0.2) is 0 Å². The molecule has 1 saturated heterocycles. The zero-order valence-electron chi connectivity index (χ0n) is 6.63. The third-order valence-corrected chi connectivity index (χ3v) is 3.19. The largest absolute Gasteiger partial charge is 0.377 e. The highest BCUT2D eigenvalue weighted by molar-refractivity contribution is 5.09. The van der Waals surface area contributed by atoms with Gasteiger partial charge in [-0.3, -0.25) is 0 Å². The van der Waals surface area contributed by atoms with Crippen molar-refractivity contribution in [1.82, 2.24) is 0 Å². The number of fused-ring (bicyclic) bond motifs is 1. The predicted octanol–water partition coefficient (Wildman–Crippen LogP) is 0.759. The van der Waals surface area contributed by atoms with Crippen LogP contribution >= 0.6 is 0 Å². The van der Waals surface area contributed by atoms with Crippen molar-refractivity contribution in [3.05, 3.63) is 0 Å². The van der Waals surface area contributed by atoms with E-state index in [2.05, 4.69) is 13.8 Å². The van der Waals surface area contributed by atoms with Gasteiger partial charge >= 0.3 is 0 Å². The van der Waals surface area contributed by atoms with E-state index < -0.39 is 0 Å². The average molecular weight is 141 g/mol. The lowest BCUT2D eigenvalue weighted by Gasteiger charge is -2.52. The predicted molar refractivity (Wildman–Crippen MR) is 39.6 cm³/mol. The molecule has 58 valence electrons. The minimum absolute atomic E-state index is 0.237. The number of rotatable bonds is 0. The van der Waals surface area contributed by atoms with Crippen LogP contribution in [0.1, 0.15) is 20.3 Å². The Morgan fingerprint density at radius 1 is 1.50 bits per heavy atom. The molecule has 0 unspecified atom stereocenters. The molecule has 0 spiro atoms. The highest BCUT2D eigenvalue weighted by Gasteiger charge is 2.57. The van der Waals surface area contributed by atoms with Gasteiger partial charge in [0.2, 0.25) is 0 Å². The molecule has 1 saturated carbocycles. The van der Waals surface area contributed by atoms with Gasteiger partial charge in [0.15, 0.2) is 0 Å². The summed E-state index contributed by atoms with van der Waals surface area (Å²) in [7, 11) is 0. The molecule has 0 aromatic carbocycles. The summed E-state index contributed by atoms with van der Waals surface area (Å²) < 4.78 is 5.56. The molecule has 3 atom stereocenters. The monoisotopic (exact) mass is 141 g/mol. The number of ether oxygens (including phenoxy) is 1. The van der Waals surface area contributed by atoms with Crippen molar-refractivity contribution in [2.24, 2.45) is 17.1 Å². The molecule has 0 radical (unpaired) electrons. The Morgan fingerprint density at radius 2 is 2.20 bits per heavy atom. The first-order chi connectivity index (χ1) is 4.64. The topological polar surface area (TPSA) is 35.2 Å². The Labute approximate surface area is 61.7 Å². The van der Waals surface area contributed by atoms with Crippen molar-refractivity contribution in [1.29, 1.82) is 0 Å². The van der Waals surface area contributed by atoms with E-state index in [1.54, 1.807) is 0 Å². The molecule has 0 bridgehead atoms. The van der Waals surface area contributed by atoms with E-state index in [0.717, 1.165) is 6.61 Å². The third-order valence-electron chi connectivity index (χ3n) is 3.19. The van der Waals surface area contributed by atoms with Crippen LogP contribution < -0.4 is 5.73 Å². The maximum Gasteiger partial charge on any atom is 0.0684 e. The van der Waals surface area contributed by atoms with E-state index >= 15 is 0 Å². The van der Waals surface area contributed by atoms with Gasteiger partial charge in [0.25, 0.3) is 0 Å². The molecule has 1 aliphatic carbocycles. The summed E-state index contributed by atoms with van der Waals surface area (Å²) in [6.45, 7) is 5.32. The molecule has 10 heavy (non-hydrogen) atoms. The van der Waals surface area contributed by atoms with Crippen LogP contribution in [-0.4, -0.2) is 18.8 Å². The number of nitrogens with two attached hydrogens (primary N) is 1. The first kappa shape index (κ1) is 6.62. The van der Waals surface area contributed by atoms with Crippen LogP contribution in [-0.2, 0) is 4.74 Å². The minimum atomic E-state index is 0.237. The Kier molecular flexibility index (Phi) is 1.15. The van der Waals surface area contributed by atoms with Gasteiger partial charge < -0.3 is 10.5 Å². The van der Waals surface area contributed by atoms with Crippen LogP contribution in [0.3, 0.4) is 0 Å². The highest BCUT2D eigenvalue weighted by Crippen LogP contribution is 2.50. The molecular formula is C8H15NO. The van der Waals surface area contributed by atoms with Crippen LogP contribution in [0.5, 0.6) is 0 Å². The molecule has 2 N–H and O–H groups in total. The van der Waals surface area contributed by atoms with Crippen molar-refractivity contribution >= 4 is 0 Å². The van der Waals surface area contributed by atoms with Gasteiger partial charge in [-0.25, -0.2) is 0 Å². The molecule has 2 heteroatoms. The van der Waals surface area contributed by atoms with Crippen molar-refractivity contribution in [3.8, 4) is 0 Å². The van der Waals surface area contributed by atoms with Crippen molar-refractivity contribution in [2.75, 3.05) is 6.61 Å². The normalized spacial score (nSPS) is 50.1. The summed E-state index contributed by atoms with van der Waals surface area (Å²) in [5, 5.41) is 0. The SMILES string of the molecule is CC1(C)[C@@H]2OCC[C@H]2[C@@H]1N. The maximum atomic E-state index is 5.96. The molecule has 2 rings (SSSR count). The Morgan fingerprint density at radius 3 is 2.80 bits per heavy atom. The van der Waals surface area contributed by atoms with E-state index in [0.29, 0.717) is 18.1 Å². The molecule has 0 aromatic rings. The van der Waals surface area contributed by atoms with E-state index in [1.165, 1.54) is 6.42 Å². The summed E-state index contributed by atoms with van der Waals surface area (Å²) >= 11 is 0. The molecule has 0 amide bonds. The van der Waals surface area contributed by atoms with Crippen LogP contribution in [0.2, 0.25) is 0 Å². The molecule has 2 nitrogen and oxygen atoms in total. The number of hydrogen-bond donors (Lipinski definition) is 1. The van der Waals surface area contributed by atoms with Gasteiger partial charge in [0, 0.05) is 24.0 Å². The molecule has 0 aromatic heterocycles. The van der Waals surface area contributed by atoms with Gasteiger partial charge in [0.1, 0.15) is 0 Å². The van der Waals surface area contributed by atoms with Crippen LogP contribution in [0, 0.1) is 11.3 Å². The van der Waals surface area contributed by atoms with E-state index in [4.69, 9.17) is 10.5 Å². The van der Waals surface area contributed by atoms with E-state index in [1.807, 2.05) is 0 Å². The fraction of sp³-hybridized carbons (Fsp3) is 1.00. The van der Waals surface area contributed by atoms with Gasteiger partial charge in [-0.2, -0.15) is 0 Å². The summed E-state index contributed by atoms with van der Waals surface area (Å²) in [6.07, 6.45) is 1.64. The minimum Gasteiger partial charge on any atom is -0.377 e. The zero-order valence-corrected chi connectivity index (χ0v) is 6.63. The van der Waals surface area contributed by atoms with Crippen LogP contribution in [0.25, 0.3) is 0 Å². The quantitative estimate of drug-likeness (QED) is 0.540. The van der Waals surface area contributed by atoms with E-state index in [-0.39, 0.29) is 5.41 Å². The lowest BCUT2D eigenvalue weighted by molar-refractivity contribution is -0.0994. The molecule has 1 aliphatic heterocycles. The fourth-order valence-corrected chi connectivity index (χ4v) is 2.36. The second kappa shape index (κ2) is 1.74. The summed E-state index contributed by atoms with van der Waals surface area (Å²) in [5.41, 5.74) is 6.20. The molecular weight excluding hydrogens is 126 g/mol. The Balaban J connectivity index is 2.15.